The van der Waals surface area contributed by atoms with Crippen LogP contribution in [0, 0.1) is 0 Å². The van der Waals surface area contributed by atoms with Crippen LogP contribution in [0.25, 0.3) is 22.3 Å². The Morgan fingerprint density at radius 2 is 1.88 bits per heavy atom. The quantitative estimate of drug-likeness (QED) is 0.508. The van der Waals surface area contributed by atoms with Gasteiger partial charge in [0.15, 0.2) is 0 Å². The molecule has 32 heavy (non-hydrogen) atoms. The maximum atomic E-state index is 12.7. The molecule has 0 radical (unpaired) electrons. The fraction of sp³-hybridized carbons (Fsp3) is 0.190. The topological polar surface area (TPSA) is 103 Å². The Bertz CT molecular complexity index is 1330. The van der Waals surface area contributed by atoms with Gasteiger partial charge < -0.3 is 9.84 Å². The van der Waals surface area contributed by atoms with Crippen LogP contribution in [-0.4, -0.2) is 25.6 Å². The summed E-state index contributed by atoms with van der Waals surface area (Å²) in [7, 11) is 0. The van der Waals surface area contributed by atoms with Gasteiger partial charge in [-0.05, 0) is 31.2 Å². The van der Waals surface area contributed by atoms with E-state index in [4.69, 9.17) is 4.52 Å². The van der Waals surface area contributed by atoms with Crippen LogP contribution in [0.3, 0.4) is 0 Å². The van der Waals surface area contributed by atoms with Crippen LogP contribution in [0.2, 0.25) is 0 Å². The molecule has 0 saturated carbocycles. The van der Waals surface area contributed by atoms with Gasteiger partial charge in [-0.2, -0.15) is 18.2 Å². The number of nitrogens with one attached hydrogen (secondary N) is 1. The zero-order chi connectivity index (χ0) is 22.9. The van der Waals surface area contributed by atoms with Crippen molar-refractivity contribution in [3.63, 3.8) is 0 Å². The molecular weight excluding hydrogens is 427 g/mol. The maximum Gasteiger partial charge on any atom is 0.416 e. The lowest BCUT2D eigenvalue weighted by Gasteiger charge is -2.11. The van der Waals surface area contributed by atoms with Crippen LogP contribution in [0.4, 0.5) is 13.2 Å². The summed E-state index contributed by atoms with van der Waals surface area (Å²) >= 11 is 0. The molecule has 0 spiro atoms. The average Bonchev–Trinajstić information content (AvgIpc) is 3.26. The van der Waals surface area contributed by atoms with Crippen molar-refractivity contribution in [2.24, 2.45) is 0 Å². The minimum Gasteiger partial charge on any atom is -0.343 e. The first-order valence-electron chi connectivity index (χ1n) is 9.47. The fourth-order valence-electron chi connectivity index (χ4n) is 3.06. The molecule has 0 bridgehead atoms. The van der Waals surface area contributed by atoms with Gasteiger partial charge in [0.1, 0.15) is 12.6 Å². The molecule has 0 aliphatic carbocycles. The summed E-state index contributed by atoms with van der Waals surface area (Å²) in [5.41, 5.74) is -0.269. The van der Waals surface area contributed by atoms with E-state index < -0.39 is 23.7 Å². The van der Waals surface area contributed by atoms with Crippen LogP contribution in [0.15, 0.2) is 64.2 Å². The van der Waals surface area contributed by atoms with Gasteiger partial charge in [0.05, 0.1) is 22.8 Å². The summed E-state index contributed by atoms with van der Waals surface area (Å²) in [6.07, 6.45) is -3.15. The van der Waals surface area contributed by atoms with Crippen molar-refractivity contribution in [3.05, 3.63) is 76.7 Å². The molecular formula is C21H16F3N5O3. The molecule has 1 N–H and O–H groups in total. The Morgan fingerprint density at radius 1 is 1.16 bits per heavy atom. The first kappa shape index (κ1) is 21.2. The molecule has 2 heterocycles. The van der Waals surface area contributed by atoms with Crippen molar-refractivity contribution in [1.29, 1.82) is 0 Å². The molecule has 4 rings (SSSR count). The number of halogens is 3. The number of aromatic nitrogens is 4. The zero-order valence-corrected chi connectivity index (χ0v) is 16.6. The van der Waals surface area contributed by atoms with Crippen molar-refractivity contribution in [2.75, 3.05) is 0 Å². The predicted molar refractivity (Wildman–Crippen MR) is 107 cm³/mol. The average molecular weight is 443 g/mol. The lowest BCUT2D eigenvalue weighted by molar-refractivity contribution is -0.137. The number of fused-ring (bicyclic) bond motifs is 1. The van der Waals surface area contributed by atoms with Gasteiger partial charge in [0.25, 0.3) is 5.56 Å². The van der Waals surface area contributed by atoms with E-state index in [1.165, 1.54) is 23.0 Å². The summed E-state index contributed by atoms with van der Waals surface area (Å²) in [6, 6.07) is 10.4. The molecule has 0 saturated heterocycles. The summed E-state index contributed by atoms with van der Waals surface area (Å²) in [5, 5.41) is 6.79. The molecule has 0 unspecified atom stereocenters. The third-order valence-corrected chi connectivity index (χ3v) is 4.71. The van der Waals surface area contributed by atoms with Gasteiger partial charge in [-0.1, -0.05) is 29.4 Å². The van der Waals surface area contributed by atoms with Crippen molar-refractivity contribution >= 4 is 16.8 Å². The Balaban J connectivity index is 1.44. The Kier molecular flexibility index (Phi) is 5.47. The van der Waals surface area contributed by atoms with Gasteiger partial charge >= 0.3 is 6.18 Å². The summed E-state index contributed by atoms with van der Waals surface area (Å²) in [6.45, 7) is 1.34. The minimum atomic E-state index is -4.44. The normalized spacial score (nSPS) is 12.6. The smallest absolute Gasteiger partial charge is 0.343 e. The molecule has 2 aromatic carbocycles. The molecule has 1 atom stereocenters. The zero-order valence-electron chi connectivity index (χ0n) is 16.6. The minimum absolute atomic E-state index is 0.0669. The lowest BCUT2D eigenvalue weighted by atomic mass is 10.1. The molecule has 0 fully saturated rings. The lowest BCUT2D eigenvalue weighted by Crippen LogP contribution is -2.34. The molecule has 0 aliphatic heterocycles. The number of rotatable bonds is 5. The monoisotopic (exact) mass is 443 g/mol. The number of carbonyl (C=O) groups is 1. The number of hydrogen-bond acceptors (Lipinski definition) is 6. The van der Waals surface area contributed by atoms with Crippen molar-refractivity contribution in [2.45, 2.75) is 25.7 Å². The third-order valence-electron chi connectivity index (χ3n) is 4.71. The molecule has 2 aromatic heterocycles. The molecule has 164 valence electrons. The van der Waals surface area contributed by atoms with E-state index in [0.717, 1.165) is 12.1 Å². The van der Waals surface area contributed by atoms with E-state index in [0.29, 0.717) is 16.5 Å². The highest BCUT2D eigenvalue weighted by Gasteiger charge is 2.30. The van der Waals surface area contributed by atoms with Crippen LogP contribution < -0.4 is 10.9 Å². The van der Waals surface area contributed by atoms with Crippen LogP contribution in [0.1, 0.15) is 24.4 Å². The van der Waals surface area contributed by atoms with Crippen LogP contribution in [0.5, 0.6) is 0 Å². The molecule has 1 amide bonds. The van der Waals surface area contributed by atoms with Gasteiger partial charge in [-0.25, -0.2) is 4.98 Å². The van der Waals surface area contributed by atoms with Crippen molar-refractivity contribution in [3.8, 4) is 11.4 Å². The predicted octanol–water partition coefficient (Wildman–Crippen LogP) is 3.34. The van der Waals surface area contributed by atoms with Gasteiger partial charge in [-0.15, -0.1) is 0 Å². The van der Waals surface area contributed by atoms with Gasteiger partial charge in [0, 0.05) is 5.56 Å². The SMILES string of the molecule is C[C@H](NC(=O)Cn1cnc2ccccc2c1=O)c1nc(-c2ccc(C(F)(F)F)cc2)no1. The number of hydrogen-bond donors (Lipinski definition) is 1. The maximum absolute atomic E-state index is 12.7. The number of amides is 1. The van der Waals surface area contributed by atoms with Gasteiger partial charge in [-0.3, -0.25) is 14.2 Å². The summed E-state index contributed by atoms with van der Waals surface area (Å²) in [5.74, 6) is -0.326. The number of nitrogens with zero attached hydrogens (tertiary/aromatic N) is 4. The van der Waals surface area contributed by atoms with E-state index in [1.54, 1.807) is 31.2 Å². The Hall–Kier alpha value is -4.02. The van der Waals surface area contributed by atoms with Crippen LogP contribution >= 0.6 is 0 Å². The summed E-state index contributed by atoms with van der Waals surface area (Å²) in [4.78, 5) is 33.2. The van der Waals surface area contributed by atoms with E-state index >= 15 is 0 Å². The van der Waals surface area contributed by atoms with Crippen LogP contribution in [-0.2, 0) is 17.5 Å². The highest BCUT2D eigenvalue weighted by atomic mass is 19.4. The number of benzene rings is 2. The second kappa shape index (κ2) is 8.25. The second-order valence-corrected chi connectivity index (χ2v) is 7.02. The van der Waals surface area contributed by atoms with Gasteiger partial charge in [0.2, 0.25) is 17.6 Å². The van der Waals surface area contributed by atoms with E-state index in [9.17, 15) is 22.8 Å². The molecule has 11 heteroatoms. The first-order chi connectivity index (χ1) is 15.2. The second-order valence-electron chi connectivity index (χ2n) is 7.02. The van der Waals surface area contributed by atoms with Crippen molar-refractivity contribution < 1.29 is 22.5 Å². The van der Waals surface area contributed by atoms with E-state index in [1.807, 2.05) is 0 Å². The molecule has 8 nitrogen and oxygen atoms in total. The number of carbonyl (C=O) groups excluding carboxylic acids is 1. The third kappa shape index (κ3) is 4.36. The largest absolute Gasteiger partial charge is 0.416 e. The number of para-hydroxylation sites is 1. The van der Waals surface area contributed by atoms with E-state index in [-0.39, 0.29) is 23.8 Å². The number of alkyl halides is 3. The van der Waals surface area contributed by atoms with E-state index in [2.05, 4.69) is 20.4 Å². The highest BCUT2D eigenvalue weighted by Crippen LogP contribution is 2.30. The highest BCUT2D eigenvalue weighted by molar-refractivity contribution is 5.79. The van der Waals surface area contributed by atoms with Crippen molar-refractivity contribution in [1.82, 2.24) is 25.0 Å². The Morgan fingerprint density at radius 3 is 2.59 bits per heavy atom. The molecule has 4 aromatic rings. The Labute approximate surface area is 178 Å². The molecule has 0 aliphatic rings. The summed E-state index contributed by atoms with van der Waals surface area (Å²) < 4.78 is 44.4. The standard InChI is InChI=1S/C21H16F3N5O3/c1-12(19-27-18(28-32-19)13-6-8-14(9-7-13)21(22,23)24)26-17(30)10-29-11-25-16-5-3-2-4-15(16)20(29)31/h2-9,11-12H,10H2,1H3,(H,26,30)/t12-/m0/s1. The fourth-order valence-corrected chi connectivity index (χ4v) is 3.06. The first-order valence-corrected chi connectivity index (χ1v) is 9.47.